The summed E-state index contributed by atoms with van der Waals surface area (Å²) in [7, 11) is 1.62. The zero-order valence-corrected chi connectivity index (χ0v) is 13.9. The molecule has 1 aromatic heterocycles. The summed E-state index contributed by atoms with van der Waals surface area (Å²) >= 11 is 1.38. The summed E-state index contributed by atoms with van der Waals surface area (Å²) in [5, 5.41) is 15.1. The van der Waals surface area contributed by atoms with E-state index in [1.165, 1.54) is 11.8 Å². The third kappa shape index (κ3) is 3.82. The fourth-order valence-electron chi connectivity index (χ4n) is 2.20. The molecule has 1 aliphatic carbocycles. The van der Waals surface area contributed by atoms with E-state index < -0.39 is 0 Å². The van der Waals surface area contributed by atoms with Gasteiger partial charge in [0, 0.05) is 12.1 Å². The molecule has 0 bridgehead atoms. The molecule has 0 radical (unpaired) electrons. The molecule has 122 valence electrons. The van der Waals surface area contributed by atoms with Crippen molar-refractivity contribution in [2.24, 2.45) is 0 Å². The van der Waals surface area contributed by atoms with Gasteiger partial charge in [-0.1, -0.05) is 30.0 Å². The summed E-state index contributed by atoms with van der Waals surface area (Å²) in [5.41, 5.74) is 0.948. The molecule has 7 nitrogen and oxygen atoms in total. The monoisotopic (exact) mass is 333 g/mol. The Bertz CT molecular complexity index is 686. The third-order valence-corrected chi connectivity index (χ3v) is 4.70. The van der Waals surface area contributed by atoms with Gasteiger partial charge >= 0.3 is 0 Å². The number of carbonyl (C=O) groups is 1. The number of tetrazole rings is 1. The number of nitrogens with zero attached hydrogens (tertiary/aromatic N) is 4. The van der Waals surface area contributed by atoms with Crippen molar-refractivity contribution in [1.82, 2.24) is 25.5 Å². The van der Waals surface area contributed by atoms with Crippen LogP contribution in [-0.4, -0.2) is 38.5 Å². The summed E-state index contributed by atoms with van der Waals surface area (Å²) in [4.78, 5) is 12.3. The number of hydrogen-bond acceptors (Lipinski definition) is 6. The van der Waals surface area contributed by atoms with Crippen LogP contribution in [0, 0.1) is 0 Å². The number of carbonyl (C=O) groups excluding carboxylic acids is 1. The molecule has 1 amide bonds. The van der Waals surface area contributed by atoms with E-state index in [1.54, 1.807) is 7.11 Å². The van der Waals surface area contributed by atoms with Crippen LogP contribution in [0.3, 0.4) is 0 Å². The van der Waals surface area contributed by atoms with Gasteiger partial charge in [-0.3, -0.25) is 4.79 Å². The third-order valence-electron chi connectivity index (χ3n) is 3.65. The highest BCUT2D eigenvalue weighted by molar-refractivity contribution is 8.00. The average molecular weight is 333 g/mol. The molecule has 1 aromatic carbocycles. The standard InChI is InChI=1S/C15H19N5O2S/c1-10(23-15-17-18-19-20(15)12-7-8-12)14(21)16-9-11-5-3-4-6-13(11)22-2/h3-6,10,12H,7-9H2,1-2H3,(H,16,21). The predicted molar refractivity (Wildman–Crippen MR) is 86.2 cm³/mol. The van der Waals surface area contributed by atoms with Gasteiger partial charge in [0.15, 0.2) is 0 Å². The smallest absolute Gasteiger partial charge is 0.233 e. The second kappa shape index (κ2) is 6.99. The number of nitrogens with one attached hydrogen (secondary N) is 1. The van der Waals surface area contributed by atoms with Crippen molar-refractivity contribution >= 4 is 17.7 Å². The fourth-order valence-corrected chi connectivity index (χ4v) is 3.08. The van der Waals surface area contributed by atoms with E-state index in [0.29, 0.717) is 17.7 Å². The first-order valence-corrected chi connectivity index (χ1v) is 8.41. The molecule has 8 heteroatoms. The number of aromatic nitrogens is 4. The van der Waals surface area contributed by atoms with E-state index in [2.05, 4.69) is 20.8 Å². The minimum Gasteiger partial charge on any atom is -0.496 e. The van der Waals surface area contributed by atoms with Gasteiger partial charge in [0.05, 0.1) is 18.4 Å². The molecule has 3 rings (SSSR count). The van der Waals surface area contributed by atoms with E-state index in [-0.39, 0.29) is 11.2 Å². The quantitative estimate of drug-likeness (QED) is 0.778. The molecular formula is C15H19N5O2S. The van der Waals surface area contributed by atoms with Gasteiger partial charge < -0.3 is 10.1 Å². The van der Waals surface area contributed by atoms with Crippen molar-refractivity contribution in [1.29, 1.82) is 0 Å². The molecule has 23 heavy (non-hydrogen) atoms. The van der Waals surface area contributed by atoms with Crippen molar-refractivity contribution in [3.63, 3.8) is 0 Å². The molecule has 1 saturated carbocycles. The molecule has 1 unspecified atom stereocenters. The number of benzene rings is 1. The molecule has 1 heterocycles. The predicted octanol–water partition coefficient (Wildman–Crippen LogP) is 1.81. The van der Waals surface area contributed by atoms with Gasteiger partial charge in [-0.25, -0.2) is 4.68 Å². The molecule has 1 fully saturated rings. The lowest BCUT2D eigenvalue weighted by atomic mass is 10.2. The highest BCUT2D eigenvalue weighted by atomic mass is 32.2. The van der Waals surface area contributed by atoms with Crippen molar-refractivity contribution in [2.45, 2.75) is 42.8 Å². The van der Waals surface area contributed by atoms with Gasteiger partial charge in [-0.2, -0.15) is 0 Å². The number of thioether (sulfide) groups is 1. The second-order valence-corrected chi connectivity index (χ2v) is 6.73. The number of ether oxygens (including phenoxy) is 1. The largest absolute Gasteiger partial charge is 0.496 e. The fraction of sp³-hybridized carbons (Fsp3) is 0.467. The highest BCUT2D eigenvalue weighted by Crippen LogP contribution is 2.37. The summed E-state index contributed by atoms with van der Waals surface area (Å²) < 4.78 is 7.10. The first kappa shape index (κ1) is 15.8. The van der Waals surface area contributed by atoms with E-state index in [1.807, 2.05) is 35.9 Å². The highest BCUT2D eigenvalue weighted by Gasteiger charge is 2.29. The van der Waals surface area contributed by atoms with Crippen LogP contribution in [0.5, 0.6) is 5.75 Å². The Hall–Kier alpha value is -2.09. The second-order valence-electron chi connectivity index (χ2n) is 5.43. The van der Waals surface area contributed by atoms with Crippen LogP contribution < -0.4 is 10.1 Å². The minimum absolute atomic E-state index is 0.0498. The van der Waals surface area contributed by atoms with Crippen molar-refractivity contribution in [3.05, 3.63) is 29.8 Å². The SMILES string of the molecule is COc1ccccc1CNC(=O)C(C)Sc1nnnn1C1CC1. The van der Waals surface area contributed by atoms with E-state index in [0.717, 1.165) is 24.2 Å². The summed E-state index contributed by atoms with van der Waals surface area (Å²) in [6.45, 7) is 2.29. The maximum atomic E-state index is 12.3. The summed E-state index contributed by atoms with van der Waals surface area (Å²) in [6.07, 6.45) is 2.21. The van der Waals surface area contributed by atoms with Gasteiger partial charge in [0.25, 0.3) is 0 Å². The molecule has 2 aromatic rings. The maximum absolute atomic E-state index is 12.3. The molecule has 1 aliphatic rings. The summed E-state index contributed by atoms with van der Waals surface area (Å²) in [6, 6.07) is 8.04. The molecule has 0 spiro atoms. The number of rotatable bonds is 7. The lowest BCUT2D eigenvalue weighted by Gasteiger charge is -2.13. The van der Waals surface area contributed by atoms with Crippen molar-refractivity contribution in [3.8, 4) is 5.75 Å². The van der Waals surface area contributed by atoms with Crippen LogP contribution in [0.2, 0.25) is 0 Å². The lowest BCUT2D eigenvalue weighted by molar-refractivity contribution is -0.120. The zero-order chi connectivity index (χ0) is 16.2. The van der Waals surface area contributed by atoms with Crippen molar-refractivity contribution < 1.29 is 9.53 Å². The van der Waals surface area contributed by atoms with Crippen LogP contribution in [-0.2, 0) is 11.3 Å². The van der Waals surface area contributed by atoms with Crippen LogP contribution >= 0.6 is 11.8 Å². The van der Waals surface area contributed by atoms with Crippen LogP contribution in [0.1, 0.15) is 31.4 Å². The Kier molecular flexibility index (Phi) is 4.80. The van der Waals surface area contributed by atoms with Crippen LogP contribution in [0.25, 0.3) is 0 Å². The molecule has 0 aliphatic heterocycles. The Morgan fingerprint density at radius 3 is 3.00 bits per heavy atom. The zero-order valence-electron chi connectivity index (χ0n) is 13.1. The molecule has 1 atom stereocenters. The van der Waals surface area contributed by atoms with Crippen LogP contribution in [0.15, 0.2) is 29.4 Å². The average Bonchev–Trinajstić information content (AvgIpc) is 3.32. The van der Waals surface area contributed by atoms with Gasteiger partial charge in [-0.15, -0.1) is 5.10 Å². The molecular weight excluding hydrogens is 314 g/mol. The Labute approximate surface area is 138 Å². The van der Waals surface area contributed by atoms with Gasteiger partial charge in [0.2, 0.25) is 11.1 Å². The van der Waals surface area contributed by atoms with E-state index in [4.69, 9.17) is 4.74 Å². The Balaban J connectivity index is 1.56. The van der Waals surface area contributed by atoms with Crippen molar-refractivity contribution in [2.75, 3.05) is 7.11 Å². The first-order valence-electron chi connectivity index (χ1n) is 7.53. The number of amides is 1. The van der Waals surface area contributed by atoms with Gasteiger partial charge in [0.1, 0.15) is 5.75 Å². The molecule has 1 N–H and O–H groups in total. The normalized spacial score (nSPS) is 15.2. The minimum atomic E-state index is -0.270. The summed E-state index contributed by atoms with van der Waals surface area (Å²) in [5.74, 6) is 0.719. The Morgan fingerprint density at radius 2 is 2.26 bits per heavy atom. The van der Waals surface area contributed by atoms with Gasteiger partial charge in [-0.05, 0) is 36.3 Å². The Morgan fingerprint density at radius 1 is 1.48 bits per heavy atom. The number of methoxy groups -OCH3 is 1. The number of hydrogen-bond donors (Lipinski definition) is 1. The van der Waals surface area contributed by atoms with Crippen LogP contribution in [0.4, 0.5) is 0 Å². The maximum Gasteiger partial charge on any atom is 0.233 e. The van der Waals surface area contributed by atoms with E-state index in [9.17, 15) is 4.79 Å². The topological polar surface area (TPSA) is 81.9 Å². The first-order chi connectivity index (χ1) is 11.2. The number of para-hydroxylation sites is 1. The lowest BCUT2D eigenvalue weighted by Crippen LogP contribution is -2.30. The molecule has 0 saturated heterocycles. The van der Waals surface area contributed by atoms with E-state index >= 15 is 0 Å².